The van der Waals surface area contributed by atoms with Crippen molar-refractivity contribution in [2.75, 3.05) is 26.9 Å². The molecule has 1 aromatic carbocycles. The molecule has 0 aliphatic rings. The zero-order valence-corrected chi connectivity index (χ0v) is 14.2. The molecule has 1 N–H and O–H groups in total. The molecular weight excluding hydrogens is 314 g/mol. The first-order valence-corrected chi connectivity index (χ1v) is 7.74. The van der Waals surface area contributed by atoms with Crippen molar-refractivity contribution in [3.8, 4) is 5.75 Å². The molecule has 132 valence electrons. The lowest BCUT2D eigenvalue weighted by atomic mass is 9.99. The van der Waals surface area contributed by atoms with Crippen molar-refractivity contribution in [3.05, 3.63) is 29.8 Å². The van der Waals surface area contributed by atoms with Gasteiger partial charge in [0, 0.05) is 6.54 Å². The van der Waals surface area contributed by atoms with Gasteiger partial charge in [0.15, 0.2) is 0 Å². The van der Waals surface area contributed by atoms with Crippen LogP contribution in [0, 0.1) is 0 Å². The number of hydrogen-bond acceptors (Lipinski definition) is 6. The standard InChI is InChI=1S/C17H23NO6/c1-4-23-16(20)10-15(19)18-11-14(17(21)24-5-2)12-6-8-13(22-3)9-7-12/h6-9,14H,4-5,10-11H2,1-3H3,(H,18,19). The van der Waals surface area contributed by atoms with E-state index in [1.807, 2.05) is 0 Å². The fraction of sp³-hybridized carbons (Fsp3) is 0.471. The molecule has 0 aliphatic heterocycles. The number of benzene rings is 1. The van der Waals surface area contributed by atoms with E-state index in [0.717, 1.165) is 0 Å². The lowest BCUT2D eigenvalue weighted by molar-refractivity contribution is -0.145. The van der Waals surface area contributed by atoms with Crippen LogP contribution in [0.25, 0.3) is 0 Å². The minimum absolute atomic E-state index is 0.0312. The monoisotopic (exact) mass is 337 g/mol. The number of ether oxygens (including phenoxy) is 3. The fourth-order valence-electron chi connectivity index (χ4n) is 2.04. The Morgan fingerprint density at radius 2 is 1.67 bits per heavy atom. The molecule has 0 spiro atoms. The van der Waals surface area contributed by atoms with Gasteiger partial charge in [0.25, 0.3) is 0 Å². The van der Waals surface area contributed by atoms with Gasteiger partial charge < -0.3 is 19.5 Å². The van der Waals surface area contributed by atoms with E-state index in [0.29, 0.717) is 11.3 Å². The smallest absolute Gasteiger partial charge is 0.315 e. The van der Waals surface area contributed by atoms with Crippen LogP contribution in [0.4, 0.5) is 0 Å². The van der Waals surface area contributed by atoms with Gasteiger partial charge in [0.2, 0.25) is 5.91 Å². The highest BCUT2D eigenvalue weighted by atomic mass is 16.5. The van der Waals surface area contributed by atoms with Gasteiger partial charge in [0.1, 0.15) is 12.2 Å². The van der Waals surface area contributed by atoms with Gasteiger partial charge in [-0.15, -0.1) is 0 Å². The average molecular weight is 337 g/mol. The highest BCUT2D eigenvalue weighted by Crippen LogP contribution is 2.20. The molecule has 0 aliphatic carbocycles. The molecule has 0 fully saturated rings. The summed E-state index contributed by atoms with van der Waals surface area (Å²) >= 11 is 0. The van der Waals surface area contributed by atoms with Crippen LogP contribution in [0.5, 0.6) is 5.75 Å². The van der Waals surface area contributed by atoms with Gasteiger partial charge in [-0.2, -0.15) is 0 Å². The molecular formula is C17H23NO6. The molecule has 0 radical (unpaired) electrons. The number of nitrogens with one attached hydrogen (secondary N) is 1. The molecule has 0 aromatic heterocycles. The van der Waals surface area contributed by atoms with E-state index in [2.05, 4.69) is 5.32 Å². The molecule has 0 saturated heterocycles. The summed E-state index contributed by atoms with van der Waals surface area (Å²) in [6, 6.07) is 6.92. The van der Waals surface area contributed by atoms with Gasteiger partial charge in [-0.3, -0.25) is 14.4 Å². The third-order valence-corrected chi connectivity index (χ3v) is 3.20. The Morgan fingerprint density at radius 3 is 2.21 bits per heavy atom. The highest BCUT2D eigenvalue weighted by molar-refractivity contribution is 5.94. The predicted molar refractivity (Wildman–Crippen MR) is 86.6 cm³/mol. The Bertz CT molecular complexity index is 555. The maximum absolute atomic E-state index is 12.1. The van der Waals surface area contributed by atoms with E-state index >= 15 is 0 Å². The second-order valence-corrected chi connectivity index (χ2v) is 4.86. The predicted octanol–water partition coefficient (Wildman–Crippen LogP) is 1.41. The first-order chi connectivity index (χ1) is 11.5. The number of methoxy groups -OCH3 is 1. The summed E-state index contributed by atoms with van der Waals surface area (Å²) in [5.41, 5.74) is 0.686. The Labute approximate surface area is 141 Å². The van der Waals surface area contributed by atoms with Crippen molar-refractivity contribution in [2.45, 2.75) is 26.2 Å². The van der Waals surface area contributed by atoms with Gasteiger partial charge in [-0.25, -0.2) is 0 Å². The molecule has 0 saturated carbocycles. The van der Waals surface area contributed by atoms with E-state index in [-0.39, 0.29) is 26.2 Å². The molecule has 1 unspecified atom stereocenters. The first-order valence-electron chi connectivity index (χ1n) is 7.74. The highest BCUT2D eigenvalue weighted by Gasteiger charge is 2.23. The first kappa shape index (κ1) is 19.5. The van der Waals surface area contributed by atoms with Gasteiger partial charge in [-0.05, 0) is 31.5 Å². The van der Waals surface area contributed by atoms with Crippen LogP contribution in [-0.2, 0) is 23.9 Å². The fourth-order valence-corrected chi connectivity index (χ4v) is 2.04. The van der Waals surface area contributed by atoms with Gasteiger partial charge in [0.05, 0.1) is 26.2 Å². The Balaban J connectivity index is 2.73. The quantitative estimate of drug-likeness (QED) is 0.541. The zero-order valence-electron chi connectivity index (χ0n) is 14.2. The SMILES string of the molecule is CCOC(=O)CC(=O)NCC(C(=O)OCC)c1ccc(OC)cc1. The van der Waals surface area contributed by atoms with Crippen LogP contribution in [-0.4, -0.2) is 44.7 Å². The van der Waals surface area contributed by atoms with Crippen molar-refractivity contribution in [1.82, 2.24) is 5.32 Å². The summed E-state index contributed by atoms with van der Waals surface area (Å²) in [4.78, 5) is 35.2. The largest absolute Gasteiger partial charge is 0.497 e. The molecule has 7 nitrogen and oxygen atoms in total. The summed E-state index contributed by atoms with van der Waals surface area (Å²) in [5, 5.41) is 2.57. The average Bonchev–Trinajstić information content (AvgIpc) is 2.56. The third-order valence-electron chi connectivity index (χ3n) is 3.20. The molecule has 1 atom stereocenters. The number of hydrogen-bond donors (Lipinski definition) is 1. The topological polar surface area (TPSA) is 90.9 Å². The Kier molecular flexibility index (Phi) is 8.32. The maximum atomic E-state index is 12.1. The van der Waals surface area contributed by atoms with Crippen molar-refractivity contribution >= 4 is 17.8 Å². The second-order valence-electron chi connectivity index (χ2n) is 4.86. The Morgan fingerprint density at radius 1 is 1.04 bits per heavy atom. The van der Waals surface area contributed by atoms with Crippen molar-refractivity contribution in [3.63, 3.8) is 0 Å². The second kappa shape index (κ2) is 10.3. The Hall–Kier alpha value is -2.57. The summed E-state index contributed by atoms with van der Waals surface area (Å²) in [6.07, 6.45) is -0.383. The molecule has 1 amide bonds. The van der Waals surface area contributed by atoms with Crippen LogP contribution in [0.3, 0.4) is 0 Å². The van der Waals surface area contributed by atoms with E-state index in [9.17, 15) is 14.4 Å². The molecule has 24 heavy (non-hydrogen) atoms. The molecule has 7 heteroatoms. The van der Waals surface area contributed by atoms with E-state index in [4.69, 9.17) is 14.2 Å². The minimum Gasteiger partial charge on any atom is -0.497 e. The van der Waals surface area contributed by atoms with Crippen LogP contribution in [0.2, 0.25) is 0 Å². The third kappa shape index (κ3) is 6.28. The summed E-state index contributed by atoms with van der Waals surface area (Å²) in [7, 11) is 1.55. The molecule has 1 aromatic rings. The van der Waals surface area contributed by atoms with Crippen molar-refractivity contribution in [1.29, 1.82) is 0 Å². The van der Waals surface area contributed by atoms with Gasteiger partial charge >= 0.3 is 11.9 Å². The molecule has 0 bridgehead atoms. The lowest BCUT2D eigenvalue weighted by Gasteiger charge is -2.17. The van der Waals surface area contributed by atoms with Crippen LogP contribution < -0.4 is 10.1 Å². The normalized spacial score (nSPS) is 11.3. The summed E-state index contributed by atoms with van der Waals surface area (Å²) in [5.74, 6) is -1.56. The van der Waals surface area contributed by atoms with Crippen LogP contribution in [0.15, 0.2) is 24.3 Å². The summed E-state index contributed by atoms with van der Waals surface area (Å²) in [6.45, 7) is 3.85. The number of carbonyl (C=O) groups excluding carboxylic acids is 3. The number of amides is 1. The number of carbonyl (C=O) groups is 3. The van der Waals surface area contributed by atoms with Crippen molar-refractivity contribution in [2.24, 2.45) is 0 Å². The number of rotatable bonds is 9. The van der Waals surface area contributed by atoms with Crippen LogP contribution >= 0.6 is 0 Å². The minimum atomic E-state index is -0.665. The van der Waals surface area contributed by atoms with E-state index in [1.165, 1.54) is 0 Å². The van der Waals surface area contributed by atoms with Crippen molar-refractivity contribution < 1.29 is 28.6 Å². The molecule has 0 heterocycles. The lowest BCUT2D eigenvalue weighted by Crippen LogP contribution is -2.33. The zero-order chi connectivity index (χ0) is 17.9. The van der Waals surface area contributed by atoms with E-state index < -0.39 is 23.8 Å². The maximum Gasteiger partial charge on any atom is 0.315 e. The van der Waals surface area contributed by atoms with Gasteiger partial charge in [-0.1, -0.05) is 12.1 Å². The van der Waals surface area contributed by atoms with Crippen LogP contribution in [0.1, 0.15) is 31.7 Å². The number of esters is 2. The summed E-state index contributed by atoms with van der Waals surface area (Å²) < 4.78 is 14.8. The molecule has 1 rings (SSSR count). The van der Waals surface area contributed by atoms with E-state index in [1.54, 1.807) is 45.2 Å².